The maximum atomic E-state index is 12.5. The lowest BCUT2D eigenvalue weighted by Gasteiger charge is -2.22. The van der Waals surface area contributed by atoms with Gasteiger partial charge in [-0.05, 0) is 51.4 Å². The molecule has 1 amide bonds. The summed E-state index contributed by atoms with van der Waals surface area (Å²) in [5.74, 6) is -0.0172. The van der Waals surface area contributed by atoms with Crippen LogP contribution in [0.15, 0.2) is 12.2 Å². The molecule has 0 rings (SSSR count). The first kappa shape index (κ1) is 67.6. The normalized spacial score (nSPS) is 12.6. The minimum Gasteiger partial charge on any atom is -0.466 e. The molecule has 0 saturated carbocycles. The first-order valence-electron chi connectivity index (χ1n) is 31.4. The Morgan fingerprint density at radius 3 is 1.03 bits per heavy atom. The van der Waals surface area contributed by atoms with Gasteiger partial charge in [-0.1, -0.05) is 302 Å². The number of hydrogen-bond donors (Lipinski definition) is 3. The van der Waals surface area contributed by atoms with E-state index in [2.05, 4.69) is 31.3 Å². The van der Waals surface area contributed by atoms with E-state index in [9.17, 15) is 19.8 Å². The van der Waals surface area contributed by atoms with Gasteiger partial charge in [0.1, 0.15) is 0 Å². The van der Waals surface area contributed by atoms with Gasteiger partial charge in [0.15, 0.2) is 0 Å². The number of amides is 1. The molecule has 2 unspecified atom stereocenters. The van der Waals surface area contributed by atoms with E-state index in [0.29, 0.717) is 25.9 Å². The predicted octanol–water partition coefficient (Wildman–Crippen LogP) is 19.6. The fourth-order valence-corrected chi connectivity index (χ4v) is 9.99. The highest BCUT2D eigenvalue weighted by molar-refractivity contribution is 5.76. The molecule has 6 nitrogen and oxygen atoms in total. The van der Waals surface area contributed by atoms with Crippen molar-refractivity contribution in [1.29, 1.82) is 0 Å². The third kappa shape index (κ3) is 55.8. The van der Waals surface area contributed by atoms with E-state index in [1.807, 2.05) is 0 Å². The summed E-state index contributed by atoms with van der Waals surface area (Å²) < 4.78 is 5.47. The van der Waals surface area contributed by atoms with Crippen LogP contribution in [0.1, 0.15) is 354 Å². The number of allylic oxidation sites excluding steroid dienone is 2. The minimum atomic E-state index is -0.662. The third-order valence-electron chi connectivity index (χ3n) is 14.8. The molecule has 6 heteroatoms. The van der Waals surface area contributed by atoms with Gasteiger partial charge < -0.3 is 20.3 Å². The molecule has 0 radical (unpaired) electrons. The molecule has 0 heterocycles. The molecule has 0 aliphatic carbocycles. The number of carbonyl (C=O) groups excluding carboxylic acids is 2. The maximum Gasteiger partial charge on any atom is 0.305 e. The van der Waals surface area contributed by atoms with E-state index in [4.69, 9.17) is 4.74 Å². The minimum absolute atomic E-state index is 0.0160. The lowest BCUT2D eigenvalue weighted by Crippen LogP contribution is -2.45. The molecule has 0 aliphatic heterocycles. The van der Waals surface area contributed by atoms with Gasteiger partial charge in [0, 0.05) is 12.8 Å². The highest BCUT2D eigenvalue weighted by Gasteiger charge is 2.20. The molecule has 410 valence electrons. The molecule has 69 heavy (non-hydrogen) atoms. The van der Waals surface area contributed by atoms with Crippen molar-refractivity contribution in [2.24, 2.45) is 0 Å². The van der Waals surface area contributed by atoms with Crippen LogP contribution in [-0.4, -0.2) is 47.4 Å². The summed E-state index contributed by atoms with van der Waals surface area (Å²) in [4.78, 5) is 24.5. The van der Waals surface area contributed by atoms with Crippen LogP contribution >= 0.6 is 0 Å². The summed E-state index contributed by atoms with van der Waals surface area (Å²) in [6.07, 6.45) is 70.9. The van der Waals surface area contributed by atoms with E-state index < -0.39 is 12.1 Å². The second kappa shape index (κ2) is 59.2. The number of aliphatic hydroxyl groups excluding tert-OH is 2. The zero-order valence-corrected chi connectivity index (χ0v) is 46.8. The van der Waals surface area contributed by atoms with E-state index in [-0.39, 0.29) is 18.5 Å². The highest BCUT2D eigenvalue weighted by Crippen LogP contribution is 2.18. The van der Waals surface area contributed by atoms with Crippen LogP contribution in [0, 0.1) is 0 Å². The van der Waals surface area contributed by atoms with E-state index in [1.54, 1.807) is 0 Å². The van der Waals surface area contributed by atoms with Gasteiger partial charge in [0.05, 0.1) is 25.4 Å². The number of esters is 1. The number of rotatable bonds is 59. The monoisotopic (exact) mass is 974 g/mol. The van der Waals surface area contributed by atoms with E-state index >= 15 is 0 Å². The smallest absolute Gasteiger partial charge is 0.305 e. The average molecular weight is 975 g/mol. The molecule has 3 N–H and O–H groups in total. The van der Waals surface area contributed by atoms with Gasteiger partial charge in [-0.25, -0.2) is 0 Å². The molecular formula is C63H123NO5. The zero-order valence-electron chi connectivity index (χ0n) is 46.8. The summed E-state index contributed by atoms with van der Waals surface area (Å²) in [6.45, 7) is 4.97. The van der Waals surface area contributed by atoms with Crippen molar-refractivity contribution in [3.8, 4) is 0 Å². The summed E-state index contributed by atoms with van der Waals surface area (Å²) in [7, 11) is 0. The van der Waals surface area contributed by atoms with E-state index in [0.717, 1.165) is 38.5 Å². The summed E-state index contributed by atoms with van der Waals surface area (Å²) in [5.41, 5.74) is 0. The van der Waals surface area contributed by atoms with Crippen LogP contribution in [0.2, 0.25) is 0 Å². The number of carbonyl (C=O) groups is 2. The number of unbranched alkanes of at least 4 members (excludes halogenated alkanes) is 46. The first-order valence-corrected chi connectivity index (χ1v) is 31.4. The quantitative estimate of drug-likeness (QED) is 0.0321. The SMILES string of the molecule is CCCCCCCCCCCCCCCC(O)C(CO)NC(=O)CCCCCCCCCCCCCC/C=C\CCCCCCCCCCCCCCOC(=O)CCCCCCCCCCCCC. The first-order chi connectivity index (χ1) is 34.0. The van der Waals surface area contributed by atoms with Crippen molar-refractivity contribution in [2.75, 3.05) is 13.2 Å². The van der Waals surface area contributed by atoms with Crippen molar-refractivity contribution in [3.05, 3.63) is 12.2 Å². The van der Waals surface area contributed by atoms with Crippen molar-refractivity contribution in [2.45, 2.75) is 366 Å². The van der Waals surface area contributed by atoms with Crippen molar-refractivity contribution in [1.82, 2.24) is 5.32 Å². The standard InChI is InChI=1S/C63H123NO5/c1-3-5-7-9-11-13-15-32-36-39-43-47-51-55-61(66)60(59-65)64-62(67)56-52-48-44-40-37-33-30-28-26-24-22-20-18-16-17-19-21-23-25-27-29-31-34-38-42-46-50-54-58-69-63(68)57-53-49-45-41-35-14-12-10-8-6-4-2/h16-17,60-61,65-66H,3-15,18-59H2,1-2H3,(H,64,67)/b17-16-. The fraction of sp³-hybridized carbons (Fsp3) is 0.937. The van der Waals surface area contributed by atoms with Crippen LogP contribution in [0.25, 0.3) is 0 Å². The fourth-order valence-electron chi connectivity index (χ4n) is 9.99. The molecule has 0 saturated heterocycles. The van der Waals surface area contributed by atoms with Crippen molar-refractivity contribution < 1.29 is 24.5 Å². The largest absolute Gasteiger partial charge is 0.466 e. The average Bonchev–Trinajstić information content (AvgIpc) is 3.35. The zero-order chi connectivity index (χ0) is 50.0. The summed E-state index contributed by atoms with van der Waals surface area (Å²) in [5, 5.41) is 23.3. The van der Waals surface area contributed by atoms with Gasteiger partial charge in [0.2, 0.25) is 5.91 Å². The Morgan fingerprint density at radius 1 is 0.391 bits per heavy atom. The Balaban J connectivity index is 3.36. The second-order valence-electron chi connectivity index (χ2n) is 21.7. The van der Waals surface area contributed by atoms with Gasteiger partial charge in [0.25, 0.3) is 0 Å². The molecule has 0 fully saturated rings. The van der Waals surface area contributed by atoms with Crippen LogP contribution in [0.5, 0.6) is 0 Å². The Kier molecular flexibility index (Phi) is 58.0. The molecular weight excluding hydrogens is 851 g/mol. The molecule has 2 atom stereocenters. The maximum absolute atomic E-state index is 12.5. The number of hydrogen-bond acceptors (Lipinski definition) is 5. The number of ether oxygens (including phenoxy) is 1. The van der Waals surface area contributed by atoms with Crippen molar-refractivity contribution >= 4 is 11.9 Å². The highest BCUT2D eigenvalue weighted by atomic mass is 16.5. The second-order valence-corrected chi connectivity index (χ2v) is 21.7. The third-order valence-corrected chi connectivity index (χ3v) is 14.8. The lowest BCUT2D eigenvalue weighted by atomic mass is 10.0. The van der Waals surface area contributed by atoms with Crippen LogP contribution in [0.3, 0.4) is 0 Å². The molecule has 0 aliphatic rings. The van der Waals surface area contributed by atoms with Crippen LogP contribution < -0.4 is 5.32 Å². The Hall–Kier alpha value is -1.40. The molecule has 0 spiro atoms. The van der Waals surface area contributed by atoms with Crippen molar-refractivity contribution in [3.63, 3.8) is 0 Å². The topological polar surface area (TPSA) is 95.9 Å². The molecule has 0 bridgehead atoms. The number of aliphatic hydroxyl groups is 2. The lowest BCUT2D eigenvalue weighted by molar-refractivity contribution is -0.143. The van der Waals surface area contributed by atoms with Gasteiger partial charge >= 0.3 is 5.97 Å². The molecule has 0 aromatic rings. The Labute approximate surface area is 431 Å². The predicted molar refractivity (Wildman–Crippen MR) is 301 cm³/mol. The molecule has 0 aromatic carbocycles. The Bertz CT molecular complexity index is 1030. The summed E-state index contributed by atoms with van der Waals surface area (Å²) in [6, 6.07) is -0.540. The number of nitrogens with one attached hydrogen (secondary N) is 1. The summed E-state index contributed by atoms with van der Waals surface area (Å²) >= 11 is 0. The van der Waals surface area contributed by atoms with E-state index in [1.165, 1.54) is 283 Å². The van der Waals surface area contributed by atoms with Crippen LogP contribution in [0.4, 0.5) is 0 Å². The van der Waals surface area contributed by atoms with Gasteiger partial charge in [-0.15, -0.1) is 0 Å². The van der Waals surface area contributed by atoms with Gasteiger partial charge in [-0.2, -0.15) is 0 Å². The Morgan fingerprint density at radius 2 is 0.681 bits per heavy atom. The van der Waals surface area contributed by atoms with Crippen LogP contribution in [-0.2, 0) is 14.3 Å². The van der Waals surface area contributed by atoms with Gasteiger partial charge in [-0.3, -0.25) is 9.59 Å². The molecule has 0 aromatic heterocycles.